The number of amides is 1. The number of nitrogens with two attached hydrogens (primary N) is 1. The summed E-state index contributed by atoms with van der Waals surface area (Å²) in [5.41, 5.74) is 5.35. The summed E-state index contributed by atoms with van der Waals surface area (Å²) in [6, 6.07) is 4.15. The lowest BCUT2D eigenvalue weighted by Gasteiger charge is -2.05. The predicted octanol–water partition coefficient (Wildman–Crippen LogP) is 0.720. The van der Waals surface area contributed by atoms with Crippen LogP contribution in [0.25, 0.3) is 0 Å². The van der Waals surface area contributed by atoms with Gasteiger partial charge in [0.15, 0.2) is 5.96 Å². The van der Waals surface area contributed by atoms with Gasteiger partial charge < -0.3 is 10.8 Å². The number of phenolic OH excluding ortho intramolecular Hbond substituents is 1. The molecule has 6 heteroatoms. The molecule has 1 aromatic carbocycles. The third-order valence-electron chi connectivity index (χ3n) is 1.69. The first-order valence-electron chi connectivity index (χ1n) is 4.06. The van der Waals surface area contributed by atoms with E-state index in [1.807, 2.05) is 0 Å². The van der Waals surface area contributed by atoms with Gasteiger partial charge in [-0.15, -0.1) is 0 Å². The first kappa shape index (κ1) is 11.3. The number of benzene rings is 1. The molecule has 1 amide bonds. The number of carbonyl (C=O) groups excluding carboxylic acids is 1. The molecule has 1 rings (SSSR count). The standard InChI is InChI=1S/C9H10ClN3O2/c1-12-9(11)13-8(15)6-4-5(10)2-3-7(6)14/h2-4,14H,1H3,(H3,11,12,13,15). The molecule has 0 bridgehead atoms. The molecule has 0 radical (unpaired) electrons. The normalized spacial score (nSPS) is 11.2. The number of nitrogens with zero attached hydrogens (tertiary/aromatic N) is 1. The van der Waals surface area contributed by atoms with E-state index in [2.05, 4.69) is 10.3 Å². The minimum absolute atomic E-state index is 0.0284. The molecule has 0 aliphatic heterocycles. The number of guanidine groups is 1. The van der Waals surface area contributed by atoms with Crippen molar-refractivity contribution in [2.45, 2.75) is 0 Å². The van der Waals surface area contributed by atoms with Crippen LogP contribution in [0.2, 0.25) is 5.02 Å². The fourth-order valence-corrected chi connectivity index (χ4v) is 1.10. The highest BCUT2D eigenvalue weighted by Crippen LogP contribution is 2.20. The predicted molar refractivity (Wildman–Crippen MR) is 58.1 cm³/mol. The third kappa shape index (κ3) is 2.85. The Morgan fingerprint density at radius 1 is 1.60 bits per heavy atom. The molecule has 0 unspecified atom stereocenters. The molecule has 0 fully saturated rings. The molecule has 0 aliphatic rings. The van der Waals surface area contributed by atoms with E-state index in [0.717, 1.165) is 0 Å². The Hall–Kier alpha value is -1.75. The van der Waals surface area contributed by atoms with Gasteiger partial charge in [-0.05, 0) is 18.2 Å². The minimum Gasteiger partial charge on any atom is -0.507 e. The lowest BCUT2D eigenvalue weighted by molar-refractivity contribution is 0.0974. The summed E-state index contributed by atoms with van der Waals surface area (Å²) < 4.78 is 0. The molecule has 4 N–H and O–H groups in total. The average Bonchev–Trinajstić information content (AvgIpc) is 2.21. The van der Waals surface area contributed by atoms with Gasteiger partial charge in [0.25, 0.3) is 5.91 Å². The highest BCUT2D eigenvalue weighted by atomic mass is 35.5. The zero-order valence-corrected chi connectivity index (χ0v) is 8.75. The number of carbonyl (C=O) groups is 1. The zero-order valence-electron chi connectivity index (χ0n) is 7.99. The summed E-state index contributed by atoms with van der Waals surface area (Å²) in [5.74, 6) is -0.752. The molecule has 0 saturated heterocycles. The number of rotatable bonds is 1. The first-order chi connectivity index (χ1) is 7.04. The fourth-order valence-electron chi connectivity index (χ4n) is 0.930. The van der Waals surface area contributed by atoms with Gasteiger partial charge in [-0.2, -0.15) is 0 Å². The van der Waals surface area contributed by atoms with Crippen LogP contribution >= 0.6 is 11.6 Å². The quantitative estimate of drug-likeness (QED) is 0.488. The fraction of sp³-hybridized carbons (Fsp3) is 0.111. The van der Waals surface area contributed by atoms with Crippen molar-refractivity contribution in [1.82, 2.24) is 5.32 Å². The van der Waals surface area contributed by atoms with Gasteiger partial charge in [-0.1, -0.05) is 11.6 Å². The van der Waals surface area contributed by atoms with Gasteiger partial charge in [-0.25, -0.2) is 0 Å². The van der Waals surface area contributed by atoms with Crippen LogP contribution in [-0.2, 0) is 0 Å². The number of halogens is 1. The second-order valence-corrected chi connectivity index (χ2v) is 3.16. The average molecular weight is 228 g/mol. The van der Waals surface area contributed by atoms with Crippen molar-refractivity contribution in [3.63, 3.8) is 0 Å². The van der Waals surface area contributed by atoms with E-state index >= 15 is 0 Å². The number of phenols is 1. The van der Waals surface area contributed by atoms with E-state index in [0.29, 0.717) is 5.02 Å². The maximum Gasteiger partial charge on any atom is 0.261 e. The van der Waals surface area contributed by atoms with Crippen LogP contribution in [-0.4, -0.2) is 24.0 Å². The molecule has 80 valence electrons. The van der Waals surface area contributed by atoms with Crippen molar-refractivity contribution in [1.29, 1.82) is 0 Å². The Kier molecular flexibility index (Phi) is 3.51. The number of hydrogen-bond acceptors (Lipinski definition) is 3. The van der Waals surface area contributed by atoms with E-state index < -0.39 is 5.91 Å². The Morgan fingerprint density at radius 2 is 2.27 bits per heavy atom. The molecule has 0 aromatic heterocycles. The Labute approximate surface area is 91.6 Å². The molecular weight excluding hydrogens is 218 g/mol. The van der Waals surface area contributed by atoms with Crippen molar-refractivity contribution >= 4 is 23.5 Å². The molecular formula is C9H10ClN3O2. The van der Waals surface area contributed by atoms with Crippen molar-refractivity contribution in [3.05, 3.63) is 28.8 Å². The Balaban J connectivity index is 2.96. The number of hydrogen-bond donors (Lipinski definition) is 3. The lowest BCUT2D eigenvalue weighted by atomic mass is 10.2. The van der Waals surface area contributed by atoms with Crippen molar-refractivity contribution in [2.24, 2.45) is 10.7 Å². The SMILES string of the molecule is CN=C(N)NC(=O)c1cc(Cl)ccc1O. The number of nitrogens with one attached hydrogen (secondary N) is 1. The molecule has 0 heterocycles. The van der Waals surface area contributed by atoms with Crippen LogP contribution in [0.15, 0.2) is 23.2 Å². The smallest absolute Gasteiger partial charge is 0.261 e. The van der Waals surface area contributed by atoms with Crippen LogP contribution in [0.5, 0.6) is 5.75 Å². The van der Waals surface area contributed by atoms with Gasteiger partial charge in [-0.3, -0.25) is 15.1 Å². The summed E-state index contributed by atoms with van der Waals surface area (Å²) in [6.45, 7) is 0. The minimum atomic E-state index is -0.557. The molecule has 15 heavy (non-hydrogen) atoms. The van der Waals surface area contributed by atoms with Gasteiger partial charge in [0, 0.05) is 12.1 Å². The van der Waals surface area contributed by atoms with Crippen LogP contribution < -0.4 is 11.1 Å². The molecule has 5 nitrogen and oxygen atoms in total. The maximum atomic E-state index is 11.5. The second-order valence-electron chi connectivity index (χ2n) is 2.72. The first-order valence-corrected chi connectivity index (χ1v) is 4.44. The van der Waals surface area contributed by atoms with Crippen LogP contribution in [0.1, 0.15) is 10.4 Å². The van der Waals surface area contributed by atoms with Crippen molar-refractivity contribution < 1.29 is 9.90 Å². The topological polar surface area (TPSA) is 87.7 Å². The van der Waals surface area contributed by atoms with Crippen molar-refractivity contribution in [2.75, 3.05) is 7.05 Å². The van der Waals surface area contributed by atoms with Gasteiger partial charge >= 0.3 is 0 Å². The van der Waals surface area contributed by atoms with Crippen LogP contribution in [0.4, 0.5) is 0 Å². The van der Waals surface area contributed by atoms with Gasteiger partial charge in [0.1, 0.15) is 5.75 Å². The highest BCUT2D eigenvalue weighted by molar-refractivity contribution is 6.31. The molecule has 1 aromatic rings. The number of aromatic hydroxyl groups is 1. The maximum absolute atomic E-state index is 11.5. The Morgan fingerprint density at radius 3 is 2.87 bits per heavy atom. The molecule has 0 atom stereocenters. The van der Waals surface area contributed by atoms with E-state index in [1.165, 1.54) is 25.2 Å². The van der Waals surface area contributed by atoms with E-state index in [9.17, 15) is 9.90 Å². The van der Waals surface area contributed by atoms with Gasteiger partial charge in [0.05, 0.1) is 5.56 Å². The highest BCUT2D eigenvalue weighted by Gasteiger charge is 2.12. The second kappa shape index (κ2) is 4.65. The Bertz CT molecular complexity index is 418. The zero-order chi connectivity index (χ0) is 11.4. The van der Waals surface area contributed by atoms with E-state index in [-0.39, 0.29) is 17.3 Å². The summed E-state index contributed by atoms with van der Waals surface area (Å²) in [7, 11) is 1.44. The lowest BCUT2D eigenvalue weighted by Crippen LogP contribution is -2.36. The van der Waals surface area contributed by atoms with Crippen LogP contribution in [0, 0.1) is 0 Å². The molecule has 0 aliphatic carbocycles. The molecule has 0 saturated carbocycles. The van der Waals surface area contributed by atoms with Gasteiger partial charge in [0.2, 0.25) is 0 Å². The van der Waals surface area contributed by atoms with Crippen LogP contribution in [0.3, 0.4) is 0 Å². The summed E-state index contributed by atoms with van der Waals surface area (Å²) >= 11 is 5.68. The van der Waals surface area contributed by atoms with Crippen molar-refractivity contribution in [3.8, 4) is 5.75 Å². The third-order valence-corrected chi connectivity index (χ3v) is 1.92. The molecule has 0 spiro atoms. The summed E-state index contributed by atoms with van der Waals surface area (Å²) in [4.78, 5) is 15.1. The van der Waals surface area contributed by atoms with E-state index in [1.54, 1.807) is 0 Å². The monoisotopic (exact) mass is 227 g/mol. The number of aliphatic imine (C=N–C) groups is 1. The van der Waals surface area contributed by atoms with E-state index in [4.69, 9.17) is 17.3 Å². The summed E-state index contributed by atoms with van der Waals surface area (Å²) in [5, 5.41) is 12.0. The largest absolute Gasteiger partial charge is 0.507 e. The summed E-state index contributed by atoms with van der Waals surface area (Å²) in [6.07, 6.45) is 0.